The van der Waals surface area contributed by atoms with E-state index in [1.165, 1.54) is 17.8 Å². The molecule has 140 valence electrons. The van der Waals surface area contributed by atoms with Crippen LogP contribution in [0.4, 0.5) is 5.69 Å². The minimum atomic E-state index is 0.638. The summed E-state index contributed by atoms with van der Waals surface area (Å²) < 4.78 is 3.28. The van der Waals surface area contributed by atoms with Crippen LogP contribution in [0, 0.1) is 5.92 Å². The number of anilines is 1. The average Bonchev–Trinajstić information content (AvgIpc) is 3.26. The van der Waals surface area contributed by atoms with E-state index in [-0.39, 0.29) is 0 Å². The molecule has 1 saturated heterocycles. The molecule has 1 fully saturated rings. The van der Waals surface area contributed by atoms with Crippen molar-refractivity contribution in [2.24, 2.45) is 18.0 Å². The maximum absolute atomic E-state index is 4.45. The fourth-order valence-corrected chi connectivity index (χ4v) is 3.75. The maximum Gasteiger partial charge on any atom is 0.193 e. The molecule has 0 amide bonds. The SMILES string of the molecule is CN=C(NCC1CCN(c2ccc(Br)cc2)C1)N(C)Cc1cccn1C. The fraction of sp³-hybridized carbons (Fsp3) is 0.450. The van der Waals surface area contributed by atoms with Crippen LogP contribution in [0.1, 0.15) is 12.1 Å². The first-order valence-electron chi connectivity index (χ1n) is 9.09. The fourth-order valence-electron chi connectivity index (χ4n) is 3.48. The molecule has 0 aliphatic carbocycles. The molecule has 3 rings (SSSR count). The number of nitrogens with zero attached hydrogens (tertiary/aromatic N) is 4. The molecule has 6 heteroatoms. The van der Waals surface area contributed by atoms with Gasteiger partial charge >= 0.3 is 0 Å². The minimum absolute atomic E-state index is 0.638. The topological polar surface area (TPSA) is 35.8 Å². The summed E-state index contributed by atoms with van der Waals surface area (Å²) in [6, 6.07) is 12.8. The Balaban J connectivity index is 1.50. The molecule has 0 radical (unpaired) electrons. The number of benzene rings is 1. The molecule has 26 heavy (non-hydrogen) atoms. The maximum atomic E-state index is 4.45. The first-order valence-corrected chi connectivity index (χ1v) is 9.88. The first kappa shape index (κ1) is 18.8. The summed E-state index contributed by atoms with van der Waals surface area (Å²) in [5.74, 6) is 1.59. The number of aromatic nitrogens is 1. The molecule has 0 spiro atoms. The molecule has 1 atom stereocenters. The van der Waals surface area contributed by atoms with Gasteiger partial charge in [-0.2, -0.15) is 0 Å². The number of aryl methyl sites for hydroxylation is 1. The third-order valence-corrected chi connectivity index (χ3v) is 5.58. The standard InChI is InChI=1S/C20H28BrN5/c1-22-20(25(3)15-19-5-4-11-24(19)2)23-13-16-10-12-26(14-16)18-8-6-17(21)7-9-18/h4-9,11,16H,10,12-15H2,1-3H3,(H,22,23). The van der Waals surface area contributed by atoms with Gasteiger partial charge in [-0.25, -0.2) is 0 Å². The molecular weight excluding hydrogens is 390 g/mol. The molecule has 2 aromatic rings. The van der Waals surface area contributed by atoms with Crippen LogP contribution >= 0.6 is 15.9 Å². The van der Waals surface area contributed by atoms with Crippen LogP contribution in [0.15, 0.2) is 52.1 Å². The van der Waals surface area contributed by atoms with Gasteiger partial charge < -0.3 is 19.7 Å². The largest absolute Gasteiger partial charge is 0.371 e. The number of rotatable bonds is 5. The summed E-state index contributed by atoms with van der Waals surface area (Å²) in [4.78, 5) is 9.09. The van der Waals surface area contributed by atoms with Gasteiger partial charge in [-0.05, 0) is 48.7 Å². The van der Waals surface area contributed by atoms with E-state index in [0.717, 1.165) is 36.6 Å². The van der Waals surface area contributed by atoms with Crippen LogP contribution in [0.3, 0.4) is 0 Å². The molecular formula is C20H28BrN5. The second-order valence-electron chi connectivity index (χ2n) is 6.97. The zero-order chi connectivity index (χ0) is 18.5. The Morgan fingerprint density at radius 2 is 2.08 bits per heavy atom. The van der Waals surface area contributed by atoms with Gasteiger partial charge in [0.25, 0.3) is 0 Å². The monoisotopic (exact) mass is 417 g/mol. The van der Waals surface area contributed by atoms with Crippen molar-refractivity contribution >= 4 is 27.6 Å². The Labute approximate surface area is 164 Å². The van der Waals surface area contributed by atoms with Crippen molar-refractivity contribution in [2.45, 2.75) is 13.0 Å². The summed E-state index contributed by atoms with van der Waals surface area (Å²) in [5, 5.41) is 3.56. The van der Waals surface area contributed by atoms with E-state index < -0.39 is 0 Å². The summed E-state index contributed by atoms with van der Waals surface area (Å²) in [7, 11) is 6.02. The minimum Gasteiger partial charge on any atom is -0.371 e. The lowest BCUT2D eigenvalue weighted by Crippen LogP contribution is -2.41. The predicted molar refractivity (Wildman–Crippen MR) is 113 cm³/mol. The summed E-state index contributed by atoms with van der Waals surface area (Å²) in [5.41, 5.74) is 2.58. The van der Waals surface area contributed by atoms with Crippen molar-refractivity contribution < 1.29 is 0 Å². The third-order valence-electron chi connectivity index (χ3n) is 5.05. The highest BCUT2D eigenvalue weighted by Crippen LogP contribution is 2.25. The van der Waals surface area contributed by atoms with E-state index in [2.05, 4.69) is 97.3 Å². The second kappa shape index (κ2) is 8.62. The Hall–Kier alpha value is -1.95. The van der Waals surface area contributed by atoms with Gasteiger partial charge in [0, 0.05) is 62.8 Å². The van der Waals surface area contributed by atoms with Gasteiger partial charge in [0.15, 0.2) is 5.96 Å². The van der Waals surface area contributed by atoms with Crippen LogP contribution in [-0.4, -0.2) is 49.2 Å². The Bertz CT molecular complexity index is 737. The van der Waals surface area contributed by atoms with E-state index in [1.807, 2.05) is 7.05 Å². The van der Waals surface area contributed by atoms with Gasteiger partial charge in [-0.15, -0.1) is 0 Å². The van der Waals surface area contributed by atoms with E-state index in [4.69, 9.17) is 0 Å². The highest BCUT2D eigenvalue weighted by molar-refractivity contribution is 9.10. The molecule has 1 unspecified atom stereocenters. The van der Waals surface area contributed by atoms with Crippen molar-refractivity contribution in [3.63, 3.8) is 0 Å². The first-order chi connectivity index (χ1) is 12.6. The van der Waals surface area contributed by atoms with Crippen LogP contribution in [-0.2, 0) is 13.6 Å². The van der Waals surface area contributed by atoms with Crippen molar-refractivity contribution in [1.82, 2.24) is 14.8 Å². The number of halogens is 1. The Morgan fingerprint density at radius 3 is 2.73 bits per heavy atom. The number of aliphatic imine (C=N–C) groups is 1. The van der Waals surface area contributed by atoms with E-state index in [0.29, 0.717) is 5.92 Å². The van der Waals surface area contributed by atoms with Gasteiger partial charge in [0.2, 0.25) is 0 Å². The molecule has 0 saturated carbocycles. The van der Waals surface area contributed by atoms with Crippen LogP contribution in [0.2, 0.25) is 0 Å². The van der Waals surface area contributed by atoms with Crippen molar-refractivity contribution in [3.05, 3.63) is 52.8 Å². The summed E-state index contributed by atoms with van der Waals surface area (Å²) in [6.45, 7) is 4.01. The highest BCUT2D eigenvalue weighted by atomic mass is 79.9. The average molecular weight is 418 g/mol. The molecule has 5 nitrogen and oxygen atoms in total. The van der Waals surface area contributed by atoms with E-state index >= 15 is 0 Å². The van der Waals surface area contributed by atoms with Gasteiger partial charge in [0.1, 0.15) is 0 Å². The Kier molecular flexibility index (Phi) is 6.25. The zero-order valence-electron chi connectivity index (χ0n) is 15.8. The predicted octanol–water partition coefficient (Wildman–Crippen LogP) is 3.32. The number of guanidine groups is 1. The lowest BCUT2D eigenvalue weighted by Gasteiger charge is -2.24. The van der Waals surface area contributed by atoms with Crippen molar-refractivity contribution in [1.29, 1.82) is 0 Å². The third kappa shape index (κ3) is 4.61. The molecule has 0 bridgehead atoms. The van der Waals surface area contributed by atoms with Crippen LogP contribution < -0.4 is 10.2 Å². The van der Waals surface area contributed by atoms with E-state index in [1.54, 1.807) is 0 Å². The number of nitrogens with one attached hydrogen (secondary N) is 1. The molecule has 1 N–H and O–H groups in total. The van der Waals surface area contributed by atoms with Crippen LogP contribution in [0.5, 0.6) is 0 Å². The zero-order valence-corrected chi connectivity index (χ0v) is 17.4. The second-order valence-corrected chi connectivity index (χ2v) is 7.89. The number of hydrogen-bond donors (Lipinski definition) is 1. The van der Waals surface area contributed by atoms with Crippen molar-refractivity contribution in [2.75, 3.05) is 38.6 Å². The molecule has 1 aliphatic rings. The van der Waals surface area contributed by atoms with Gasteiger partial charge in [-0.3, -0.25) is 4.99 Å². The number of hydrogen-bond acceptors (Lipinski definition) is 2. The Morgan fingerprint density at radius 1 is 1.31 bits per heavy atom. The molecule has 2 heterocycles. The van der Waals surface area contributed by atoms with Crippen LogP contribution in [0.25, 0.3) is 0 Å². The van der Waals surface area contributed by atoms with Gasteiger partial charge in [0.05, 0.1) is 6.54 Å². The molecule has 1 aliphatic heterocycles. The highest BCUT2D eigenvalue weighted by Gasteiger charge is 2.23. The van der Waals surface area contributed by atoms with Crippen molar-refractivity contribution in [3.8, 4) is 0 Å². The lowest BCUT2D eigenvalue weighted by molar-refractivity contribution is 0.450. The summed E-state index contributed by atoms with van der Waals surface area (Å²) >= 11 is 3.51. The normalized spacial score (nSPS) is 17.6. The van der Waals surface area contributed by atoms with Gasteiger partial charge in [-0.1, -0.05) is 15.9 Å². The van der Waals surface area contributed by atoms with E-state index in [9.17, 15) is 0 Å². The molecule has 1 aromatic carbocycles. The lowest BCUT2D eigenvalue weighted by atomic mass is 10.1. The molecule has 1 aromatic heterocycles. The quantitative estimate of drug-likeness (QED) is 0.598. The summed E-state index contributed by atoms with van der Waals surface area (Å²) in [6.07, 6.45) is 3.29. The smallest absolute Gasteiger partial charge is 0.193 e.